The van der Waals surface area contributed by atoms with Crippen molar-refractivity contribution in [3.8, 4) is 11.8 Å². The highest BCUT2D eigenvalue weighted by Crippen LogP contribution is 2.24. The minimum absolute atomic E-state index is 0.0427. The average Bonchev–Trinajstić information content (AvgIpc) is 2.68. The summed E-state index contributed by atoms with van der Waals surface area (Å²) in [5.74, 6) is 0.342. The molecule has 0 fully saturated rings. The highest BCUT2D eigenvalue weighted by atomic mass is 79.9. The summed E-state index contributed by atoms with van der Waals surface area (Å²) < 4.78 is 6.41. The lowest BCUT2D eigenvalue weighted by atomic mass is 10.1. The molecule has 2 rings (SSSR count). The van der Waals surface area contributed by atoms with Crippen molar-refractivity contribution < 1.29 is 9.53 Å². The number of nitriles is 1. The standard InChI is InChI=1S/C22H23BrN2O2/c1-3-5-12-27-19-9-6-17(7-10-19)13-18(15-24)22(26)25-21-11-8-16(4-2)14-20(21)23/h6-11,13-14H,3-5,12H2,1-2H3,(H,25,26)/b18-13+. The van der Waals surface area contributed by atoms with Crippen LogP contribution in [0.5, 0.6) is 5.75 Å². The molecule has 0 unspecified atom stereocenters. The summed E-state index contributed by atoms with van der Waals surface area (Å²) in [6.45, 7) is 4.86. The number of hydrogen-bond donors (Lipinski definition) is 1. The first-order valence-corrected chi connectivity index (χ1v) is 9.81. The van der Waals surface area contributed by atoms with Crippen molar-refractivity contribution in [1.29, 1.82) is 5.26 Å². The van der Waals surface area contributed by atoms with Crippen LogP contribution in [0.1, 0.15) is 37.8 Å². The Labute approximate surface area is 169 Å². The first kappa shape index (κ1) is 20.7. The summed E-state index contributed by atoms with van der Waals surface area (Å²) in [5, 5.41) is 12.1. The third kappa shape index (κ3) is 6.26. The van der Waals surface area contributed by atoms with Crippen LogP contribution in [0.3, 0.4) is 0 Å². The molecule has 0 bridgehead atoms. The van der Waals surface area contributed by atoms with Gasteiger partial charge < -0.3 is 10.1 Å². The van der Waals surface area contributed by atoms with E-state index in [4.69, 9.17) is 4.74 Å². The predicted molar refractivity (Wildman–Crippen MR) is 113 cm³/mol. The zero-order chi connectivity index (χ0) is 19.6. The summed E-state index contributed by atoms with van der Waals surface area (Å²) in [4.78, 5) is 12.4. The van der Waals surface area contributed by atoms with E-state index in [1.54, 1.807) is 6.08 Å². The number of hydrogen-bond acceptors (Lipinski definition) is 3. The van der Waals surface area contributed by atoms with E-state index in [9.17, 15) is 10.1 Å². The van der Waals surface area contributed by atoms with Crippen LogP contribution in [0.4, 0.5) is 5.69 Å². The summed E-state index contributed by atoms with van der Waals surface area (Å²) in [5.41, 5.74) is 2.61. The SMILES string of the molecule is CCCCOc1ccc(/C=C(\C#N)C(=O)Nc2ccc(CC)cc2Br)cc1. The van der Waals surface area contributed by atoms with Crippen LogP contribution in [0.25, 0.3) is 6.08 Å². The van der Waals surface area contributed by atoms with Gasteiger partial charge in [0.1, 0.15) is 17.4 Å². The first-order valence-electron chi connectivity index (χ1n) is 9.01. The lowest BCUT2D eigenvalue weighted by Gasteiger charge is -2.08. The van der Waals surface area contributed by atoms with Crippen LogP contribution in [0.15, 0.2) is 52.5 Å². The highest BCUT2D eigenvalue weighted by Gasteiger charge is 2.11. The first-order chi connectivity index (χ1) is 13.1. The number of halogens is 1. The third-order valence-corrected chi connectivity index (χ3v) is 4.67. The fraction of sp³-hybridized carbons (Fsp3) is 0.273. The Morgan fingerprint density at radius 2 is 1.96 bits per heavy atom. The molecule has 0 aliphatic rings. The smallest absolute Gasteiger partial charge is 0.266 e. The highest BCUT2D eigenvalue weighted by molar-refractivity contribution is 9.10. The maximum Gasteiger partial charge on any atom is 0.266 e. The van der Waals surface area contributed by atoms with Crippen LogP contribution < -0.4 is 10.1 Å². The van der Waals surface area contributed by atoms with E-state index in [0.29, 0.717) is 12.3 Å². The molecule has 0 atom stereocenters. The van der Waals surface area contributed by atoms with E-state index in [1.165, 1.54) is 0 Å². The molecule has 1 amide bonds. The maximum absolute atomic E-state index is 12.4. The van der Waals surface area contributed by atoms with Crippen molar-refractivity contribution in [3.05, 3.63) is 63.6 Å². The second kappa shape index (κ2) is 10.5. The van der Waals surface area contributed by atoms with Gasteiger partial charge in [-0.15, -0.1) is 0 Å². The molecular weight excluding hydrogens is 404 g/mol. The number of unbranched alkanes of at least 4 members (excludes halogenated alkanes) is 1. The van der Waals surface area contributed by atoms with E-state index in [2.05, 4.69) is 35.1 Å². The largest absolute Gasteiger partial charge is 0.494 e. The number of nitrogens with one attached hydrogen (secondary N) is 1. The molecule has 140 valence electrons. The minimum atomic E-state index is -0.439. The molecule has 0 aromatic heterocycles. The van der Waals surface area contributed by atoms with Gasteiger partial charge in [0.25, 0.3) is 5.91 Å². The van der Waals surface area contributed by atoms with Crippen molar-refractivity contribution in [3.63, 3.8) is 0 Å². The third-order valence-electron chi connectivity index (χ3n) is 4.01. The Bertz CT molecular complexity index is 852. The van der Waals surface area contributed by atoms with Crippen LogP contribution in [0, 0.1) is 11.3 Å². The molecule has 2 aromatic rings. The fourth-order valence-electron chi connectivity index (χ4n) is 2.38. The monoisotopic (exact) mass is 426 g/mol. The molecule has 0 heterocycles. The number of benzene rings is 2. The van der Waals surface area contributed by atoms with Gasteiger partial charge in [-0.3, -0.25) is 4.79 Å². The molecule has 1 N–H and O–H groups in total. The molecule has 2 aromatic carbocycles. The lowest BCUT2D eigenvalue weighted by molar-refractivity contribution is -0.112. The molecule has 0 saturated heterocycles. The van der Waals surface area contributed by atoms with Gasteiger partial charge in [-0.05, 0) is 70.2 Å². The zero-order valence-electron chi connectivity index (χ0n) is 15.6. The summed E-state index contributed by atoms with van der Waals surface area (Å²) in [6.07, 6.45) is 4.57. The van der Waals surface area contributed by atoms with Crippen LogP contribution in [0.2, 0.25) is 0 Å². The number of carbonyl (C=O) groups is 1. The van der Waals surface area contributed by atoms with Gasteiger partial charge in [0.05, 0.1) is 12.3 Å². The quantitative estimate of drug-likeness (QED) is 0.332. The molecule has 0 radical (unpaired) electrons. The molecule has 4 nitrogen and oxygen atoms in total. The average molecular weight is 427 g/mol. The summed E-state index contributed by atoms with van der Waals surface area (Å²) >= 11 is 3.46. The molecule has 27 heavy (non-hydrogen) atoms. The number of carbonyl (C=O) groups excluding carboxylic acids is 1. The molecule has 0 saturated carbocycles. The van der Waals surface area contributed by atoms with Crippen molar-refractivity contribution in [2.75, 3.05) is 11.9 Å². The van der Waals surface area contributed by atoms with Crippen molar-refractivity contribution in [2.45, 2.75) is 33.1 Å². The molecule has 0 aliphatic heterocycles. The van der Waals surface area contributed by atoms with Crippen molar-refractivity contribution >= 4 is 33.6 Å². The Balaban J connectivity index is 2.08. The molecular formula is C22H23BrN2O2. The Morgan fingerprint density at radius 3 is 2.56 bits per heavy atom. The summed E-state index contributed by atoms with van der Waals surface area (Å²) in [6, 6.07) is 15.1. The second-order valence-electron chi connectivity index (χ2n) is 6.06. The van der Waals surface area contributed by atoms with Crippen LogP contribution >= 0.6 is 15.9 Å². The van der Waals surface area contributed by atoms with Gasteiger partial charge in [0.2, 0.25) is 0 Å². The molecule has 5 heteroatoms. The van der Waals surface area contributed by atoms with Gasteiger partial charge >= 0.3 is 0 Å². The molecule has 0 aliphatic carbocycles. The maximum atomic E-state index is 12.4. The van der Waals surface area contributed by atoms with E-state index < -0.39 is 5.91 Å². The Hall–Kier alpha value is -2.58. The topological polar surface area (TPSA) is 62.1 Å². The number of ether oxygens (including phenoxy) is 1. The Kier molecular flexibility index (Phi) is 8.09. The lowest BCUT2D eigenvalue weighted by Crippen LogP contribution is -2.13. The van der Waals surface area contributed by atoms with Gasteiger partial charge in [0, 0.05) is 4.47 Å². The summed E-state index contributed by atoms with van der Waals surface area (Å²) in [7, 11) is 0. The van der Waals surface area contributed by atoms with Crippen LogP contribution in [-0.4, -0.2) is 12.5 Å². The fourth-order valence-corrected chi connectivity index (χ4v) is 2.90. The van der Waals surface area contributed by atoms with Crippen molar-refractivity contribution in [1.82, 2.24) is 0 Å². The molecule has 0 spiro atoms. The van der Waals surface area contributed by atoms with Gasteiger partial charge in [0.15, 0.2) is 0 Å². The van der Waals surface area contributed by atoms with E-state index in [1.807, 2.05) is 48.5 Å². The number of rotatable bonds is 8. The normalized spacial score (nSPS) is 11.0. The Morgan fingerprint density at radius 1 is 1.22 bits per heavy atom. The van der Waals surface area contributed by atoms with Gasteiger partial charge in [-0.2, -0.15) is 5.26 Å². The second-order valence-corrected chi connectivity index (χ2v) is 6.92. The zero-order valence-corrected chi connectivity index (χ0v) is 17.2. The van der Waals surface area contributed by atoms with Gasteiger partial charge in [-0.25, -0.2) is 0 Å². The number of amides is 1. The van der Waals surface area contributed by atoms with Crippen molar-refractivity contribution in [2.24, 2.45) is 0 Å². The van der Waals surface area contributed by atoms with E-state index in [0.717, 1.165) is 40.6 Å². The predicted octanol–water partition coefficient (Wildman–Crippen LogP) is 5.74. The van der Waals surface area contributed by atoms with Gasteiger partial charge in [-0.1, -0.05) is 38.5 Å². The number of anilines is 1. The minimum Gasteiger partial charge on any atom is -0.494 e. The van der Waals surface area contributed by atoms with E-state index >= 15 is 0 Å². The van der Waals surface area contributed by atoms with Crippen LogP contribution in [-0.2, 0) is 11.2 Å². The number of nitrogens with zero attached hydrogens (tertiary/aromatic N) is 1. The number of aryl methyl sites for hydroxylation is 1. The van der Waals surface area contributed by atoms with E-state index in [-0.39, 0.29) is 5.57 Å².